The number of hydrogen-bond acceptors (Lipinski definition) is 2. The molecule has 0 saturated heterocycles. The van der Waals surface area contributed by atoms with E-state index < -0.39 is 16.5 Å². The summed E-state index contributed by atoms with van der Waals surface area (Å²) in [6, 6.07) is 0. The topological polar surface area (TPSA) is 32.3 Å². The van der Waals surface area contributed by atoms with E-state index in [2.05, 4.69) is 55.4 Å². The van der Waals surface area contributed by atoms with Gasteiger partial charge in [-0.2, -0.15) is 0 Å². The summed E-state index contributed by atoms with van der Waals surface area (Å²) in [4.78, 5) is 11.4. The zero-order chi connectivity index (χ0) is 13.9. The van der Waals surface area contributed by atoms with Crippen LogP contribution in [0, 0.1) is 0 Å². The van der Waals surface area contributed by atoms with Gasteiger partial charge in [-0.25, -0.2) is 0 Å². The number of rotatable bonds is 6. The highest BCUT2D eigenvalue weighted by Gasteiger charge is 2.33. The van der Waals surface area contributed by atoms with Gasteiger partial charge in [-0.15, -0.1) is 0 Å². The molecule has 0 aliphatic carbocycles. The minimum absolute atomic E-state index is 0.0314. The lowest BCUT2D eigenvalue weighted by Crippen LogP contribution is -2.60. The molecule has 0 aliphatic rings. The van der Waals surface area contributed by atoms with Gasteiger partial charge in [0.05, 0.1) is 0 Å². The number of amides is 1. The minimum Gasteiger partial charge on any atom is -0.351 e. The molecule has 1 N–H and O–H groups in total. The lowest BCUT2D eigenvalue weighted by molar-refractivity contribution is -0.117. The van der Waals surface area contributed by atoms with Crippen molar-refractivity contribution in [2.75, 3.05) is 13.1 Å². The maximum absolute atomic E-state index is 11.4. The molecule has 0 aromatic rings. The Morgan fingerprint density at radius 3 is 1.82 bits per heavy atom. The molecule has 0 saturated carbocycles. The molecule has 5 heteroatoms. The summed E-state index contributed by atoms with van der Waals surface area (Å²) in [5, 5.41) is 2.92. The Morgan fingerprint density at radius 2 is 1.53 bits per heavy atom. The van der Waals surface area contributed by atoms with Gasteiger partial charge in [-0.05, 0) is 6.92 Å². The fourth-order valence-electron chi connectivity index (χ4n) is 2.11. The number of carbonyl (C=O) groups excluding carboxylic acids is 1. The predicted octanol–water partition coefficient (Wildman–Crippen LogP) is 2.65. The summed E-state index contributed by atoms with van der Waals surface area (Å²) in [7, 11) is -2.60. The number of hydrogen-bond donors (Lipinski definition) is 1. The van der Waals surface area contributed by atoms with Crippen LogP contribution in [0.1, 0.15) is 6.92 Å². The molecule has 3 nitrogen and oxygen atoms in total. The molecule has 0 atom stereocenters. The molecule has 0 aromatic carbocycles. The van der Waals surface area contributed by atoms with Crippen LogP contribution in [0.25, 0.3) is 0 Å². The molecular formula is C12H28N2OSi2. The molecule has 0 spiro atoms. The monoisotopic (exact) mass is 272 g/mol. The van der Waals surface area contributed by atoms with E-state index in [9.17, 15) is 4.79 Å². The minimum atomic E-state index is -1.30. The second kappa shape index (κ2) is 5.97. The molecule has 0 heterocycles. The molecule has 0 radical (unpaired) electrons. The average molecular weight is 273 g/mol. The quantitative estimate of drug-likeness (QED) is 0.595. The standard InChI is InChI=1S/C12H28N2OSi2/c1-11(2)12(15)13-9-10-14(16(3,4)5)17(6,7)8/h1,9-10H2,2-8H3,(H,13,15). The summed E-state index contributed by atoms with van der Waals surface area (Å²) in [6.07, 6.45) is 0. The van der Waals surface area contributed by atoms with Crippen LogP contribution < -0.4 is 5.32 Å². The summed E-state index contributed by atoms with van der Waals surface area (Å²) in [5.74, 6) is -0.0314. The van der Waals surface area contributed by atoms with Crippen LogP contribution >= 0.6 is 0 Å². The fourth-order valence-corrected chi connectivity index (χ4v) is 11.7. The summed E-state index contributed by atoms with van der Waals surface area (Å²) < 4.78 is 2.67. The fraction of sp³-hybridized carbons (Fsp3) is 0.750. The Balaban J connectivity index is 4.40. The van der Waals surface area contributed by atoms with Gasteiger partial charge in [0.15, 0.2) is 0 Å². The maximum Gasteiger partial charge on any atom is 0.246 e. The van der Waals surface area contributed by atoms with Gasteiger partial charge in [-0.3, -0.25) is 4.79 Å². The Morgan fingerprint density at radius 1 is 1.12 bits per heavy atom. The van der Waals surface area contributed by atoms with Gasteiger partial charge < -0.3 is 9.55 Å². The van der Waals surface area contributed by atoms with E-state index in [1.807, 2.05) is 0 Å². The van der Waals surface area contributed by atoms with E-state index in [1.54, 1.807) is 6.92 Å². The van der Waals surface area contributed by atoms with Gasteiger partial charge in [0, 0.05) is 18.7 Å². The average Bonchev–Trinajstić information content (AvgIpc) is 2.07. The Labute approximate surface area is 108 Å². The van der Waals surface area contributed by atoms with E-state index in [0.717, 1.165) is 13.1 Å². The molecule has 0 unspecified atom stereocenters. The first-order chi connectivity index (χ1) is 7.46. The second-order valence-corrected chi connectivity index (χ2v) is 16.7. The van der Waals surface area contributed by atoms with Gasteiger partial charge in [0.25, 0.3) is 0 Å². The predicted molar refractivity (Wildman–Crippen MR) is 81.2 cm³/mol. The molecule has 0 bridgehead atoms. The van der Waals surface area contributed by atoms with Crippen LogP contribution in [-0.4, -0.2) is 39.7 Å². The third-order valence-corrected chi connectivity index (χ3v) is 10.3. The first-order valence-electron chi connectivity index (χ1n) is 6.17. The number of nitrogens with zero attached hydrogens (tertiary/aromatic N) is 1. The van der Waals surface area contributed by atoms with Crippen LogP contribution in [0.5, 0.6) is 0 Å². The highest BCUT2D eigenvalue weighted by Crippen LogP contribution is 2.18. The van der Waals surface area contributed by atoms with Crippen molar-refractivity contribution < 1.29 is 4.79 Å². The van der Waals surface area contributed by atoms with Crippen LogP contribution in [0.3, 0.4) is 0 Å². The van der Waals surface area contributed by atoms with Crippen molar-refractivity contribution in [3.05, 3.63) is 12.2 Å². The number of carbonyl (C=O) groups is 1. The van der Waals surface area contributed by atoms with Gasteiger partial charge in [0.1, 0.15) is 16.5 Å². The molecule has 0 aromatic heterocycles. The highest BCUT2D eigenvalue weighted by molar-refractivity contribution is 6.89. The summed E-state index contributed by atoms with van der Waals surface area (Å²) >= 11 is 0. The van der Waals surface area contributed by atoms with Gasteiger partial charge in [-0.1, -0.05) is 45.9 Å². The number of nitrogens with one attached hydrogen (secondary N) is 1. The molecule has 1 amide bonds. The third kappa shape index (κ3) is 6.19. The van der Waals surface area contributed by atoms with Crippen molar-refractivity contribution in [1.82, 2.24) is 9.55 Å². The van der Waals surface area contributed by atoms with E-state index in [4.69, 9.17) is 0 Å². The zero-order valence-electron chi connectivity index (χ0n) is 12.5. The van der Waals surface area contributed by atoms with Gasteiger partial charge >= 0.3 is 0 Å². The summed E-state index contributed by atoms with van der Waals surface area (Å²) in [6.45, 7) is 21.3. The largest absolute Gasteiger partial charge is 0.351 e. The first-order valence-corrected chi connectivity index (χ1v) is 13.1. The normalized spacial score (nSPS) is 12.7. The van der Waals surface area contributed by atoms with Crippen LogP contribution in [0.4, 0.5) is 0 Å². The van der Waals surface area contributed by atoms with Crippen molar-refractivity contribution in [3.63, 3.8) is 0 Å². The third-order valence-electron chi connectivity index (χ3n) is 2.63. The van der Waals surface area contributed by atoms with Crippen molar-refractivity contribution in [2.24, 2.45) is 0 Å². The van der Waals surface area contributed by atoms with E-state index in [0.29, 0.717) is 5.57 Å². The zero-order valence-corrected chi connectivity index (χ0v) is 14.5. The van der Waals surface area contributed by atoms with Crippen LogP contribution in [0.15, 0.2) is 12.2 Å². The molecule has 0 rings (SSSR count). The van der Waals surface area contributed by atoms with Crippen molar-refractivity contribution in [1.29, 1.82) is 0 Å². The smallest absolute Gasteiger partial charge is 0.246 e. The summed E-state index contributed by atoms with van der Waals surface area (Å²) in [5.41, 5.74) is 0.581. The first kappa shape index (κ1) is 16.6. The Kier molecular flexibility index (Phi) is 5.83. The van der Waals surface area contributed by atoms with Crippen LogP contribution in [-0.2, 0) is 4.79 Å². The van der Waals surface area contributed by atoms with Crippen molar-refractivity contribution in [3.8, 4) is 0 Å². The molecule has 100 valence electrons. The van der Waals surface area contributed by atoms with E-state index >= 15 is 0 Å². The maximum atomic E-state index is 11.4. The van der Waals surface area contributed by atoms with Gasteiger partial charge in [0.2, 0.25) is 5.91 Å². The SMILES string of the molecule is C=C(C)C(=O)NCCN([Si](C)(C)C)[Si](C)(C)C. The molecule has 17 heavy (non-hydrogen) atoms. The van der Waals surface area contributed by atoms with E-state index in [-0.39, 0.29) is 5.91 Å². The van der Waals surface area contributed by atoms with Crippen molar-refractivity contribution in [2.45, 2.75) is 46.2 Å². The second-order valence-electron chi connectivity index (χ2n) is 6.53. The van der Waals surface area contributed by atoms with Crippen molar-refractivity contribution >= 4 is 22.4 Å². The molecule has 0 fully saturated rings. The molecular weight excluding hydrogens is 244 g/mol. The molecule has 0 aliphatic heterocycles. The highest BCUT2D eigenvalue weighted by atomic mass is 28.4. The Bertz CT molecular complexity index is 276. The lowest BCUT2D eigenvalue weighted by atomic mass is 10.3. The lowest BCUT2D eigenvalue weighted by Gasteiger charge is -2.43. The van der Waals surface area contributed by atoms with Crippen LogP contribution in [0.2, 0.25) is 39.3 Å². The Hall–Kier alpha value is -0.396. The van der Waals surface area contributed by atoms with E-state index in [1.165, 1.54) is 0 Å².